The molecule has 0 amide bonds. The molecular formula is C33H45N11O7S. The van der Waals surface area contributed by atoms with E-state index in [9.17, 15) is 18.5 Å². The number of aryl methyl sites for hydroxylation is 1. The Morgan fingerprint density at radius 2 is 1.79 bits per heavy atom. The SMILES string of the molecule is CC(c1cnn(C)c1[N+](=O)[O-])N(c1cnc2cc(N3CCOCC3)nc(OC3CCC(Nc4ncc(OCCN(C)C)cn4)CC3)c2c1)S(C)(=O)=O. The van der Waals surface area contributed by atoms with E-state index in [-0.39, 0.29) is 29.2 Å². The van der Waals surface area contributed by atoms with Crippen LogP contribution in [0.3, 0.4) is 0 Å². The molecule has 0 bridgehead atoms. The van der Waals surface area contributed by atoms with Crippen LogP contribution in [0, 0.1) is 10.1 Å². The van der Waals surface area contributed by atoms with Crippen molar-refractivity contribution < 1.29 is 27.6 Å². The van der Waals surface area contributed by atoms with E-state index in [0.717, 1.165) is 47.5 Å². The second-order valence-electron chi connectivity index (χ2n) is 13.3. The molecule has 1 saturated carbocycles. The van der Waals surface area contributed by atoms with E-state index in [1.807, 2.05) is 25.1 Å². The summed E-state index contributed by atoms with van der Waals surface area (Å²) in [6.45, 7) is 5.37. The van der Waals surface area contributed by atoms with Gasteiger partial charge in [-0.05, 0) is 57.7 Å². The quantitative estimate of drug-likeness (QED) is 0.146. The minimum atomic E-state index is -3.95. The minimum absolute atomic E-state index is 0.148. The molecule has 1 N–H and O–H groups in total. The van der Waals surface area contributed by atoms with Crippen molar-refractivity contribution in [2.24, 2.45) is 7.05 Å². The highest BCUT2D eigenvalue weighted by atomic mass is 32.2. The number of aromatic nitrogens is 6. The molecule has 0 spiro atoms. The zero-order valence-electron chi connectivity index (χ0n) is 30.0. The predicted octanol–water partition coefficient (Wildman–Crippen LogP) is 3.17. The van der Waals surface area contributed by atoms with Gasteiger partial charge in [0.1, 0.15) is 25.6 Å². The van der Waals surface area contributed by atoms with Crippen LogP contribution in [0.1, 0.15) is 44.2 Å². The van der Waals surface area contributed by atoms with Gasteiger partial charge >= 0.3 is 5.82 Å². The summed E-state index contributed by atoms with van der Waals surface area (Å²) in [7, 11) is 1.46. The molecule has 4 aromatic heterocycles. The van der Waals surface area contributed by atoms with Crippen molar-refractivity contribution in [3.05, 3.63) is 52.6 Å². The molecular weight excluding hydrogens is 695 g/mol. The van der Waals surface area contributed by atoms with Crippen LogP contribution < -0.4 is 24.0 Å². The van der Waals surface area contributed by atoms with Gasteiger partial charge in [0, 0.05) is 31.7 Å². The van der Waals surface area contributed by atoms with Gasteiger partial charge in [-0.25, -0.2) is 18.4 Å². The molecule has 6 rings (SSSR count). The minimum Gasteiger partial charge on any atom is -0.489 e. The van der Waals surface area contributed by atoms with Crippen molar-refractivity contribution in [3.63, 3.8) is 0 Å². The number of ether oxygens (including phenoxy) is 3. The van der Waals surface area contributed by atoms with Crippen molar-refractivity contribution in [1.82, 2.24) is 34.6 Å². The lowest BCUT2D eigenvalue weighted by atomic mass is 9.93. The van der Waals surface area contributed by atoms with Crippen LogP contribution in [-0.2, 0) is 21.8 Å². The average Bonchev–Trinajstić information content (AvgIpc) is 3.51. The Morgan fingerprint density at radius 1 is 1.08 bits per heavy atom. The molecule has 5 heterocycles. The Hall–Kier alpha value is -4.88. The number of sulfonamides is 1. The van der Waals surface area contributed by atoms with E-state index in [2.05, 4.69) is 30.3 Å². The first kappa shape index (κ1) is 36.9. The van der Waals surface area contributed by atoms with Crippen molar-refractivity contribution >= 4 is 44.2 Å². The lowest BCUT2D eigenvalue weighted by Gasteiger charge is -2.31. The van der Waals surface area contributed by atoms with Crippen LogP contribution in [-0.4, -0.2) is 120 Å². The summed E-state index contributed by atoms with van der Waals surface area (Å²) in [5, 5.41) is 19.8. The number of hydrogen-bond acceptors (Lipinski definition) is 15. The van der Waals surface area contributed by atoms with Crippen molar-refractivity contribution in [2.75, 3.05) is 74.3 Å². The molecule has 280 valence electrons. The molecule has 0 radical (unpaired) electrons. The Kier molecular flexibility index (Phi) is 11.2. The fourth-order valence-corrected chi connectivity index (χ4v) is 7.68. The zero-order chi connectivity index (χ0) is 37.0. The van der Waals surface area contributed by atoms with Crippen LogP contribution in [0.2, 0.25) is 0 Å². The molecule has 18 nitrogen and oxygen atoms in total. The lowest BCUT2D eigenvalue weighted by Crippen LogP contribution is -2.37. The fourth-order valence-electron chi connectivity index (χ4n) is 6.51. The van der Waals surface area contributed by atoms with Gasteiger partial charge in [-0.1, -0.05) is 5.10 Å². The van der Waals surface area contributed by atoms with Crippen molar-refractivity contribution in [2.45, 2.75) is 50.8 Å². The molecule has 1 aliphatic heterocycles. The van der Waals surface area contributed by atoms with Gasteiger partial charge in [-0.2, -0.15) is 4.98 Å². The Bertz CT molecular complexity index is 1960. The van der Waals surface area contributed by atoms with E-state index in [1.54, 1.807) is 25.4 Å². The van der Waals surface area contributed by atoms with Gasteiger partial charge in [0.05, 0.1) is 72.5 Å². The summed E-state index contributed by atoms with van der Waals surface area (Å²) < 4.78 is 46.7. The molecule has 1 unspecified atom stereocenters. The number of rotatable bonds is 14. The number of pyridine rings is 2. The first-order chi connectivity index (χ1) is 24.9. The molecule has 0 aromatic carbocycles. The third-order valence-electron chi connectivity index (χ3n) is 9.19. The maximum absolute atomic E-state index is 13.3. The standard InChI is InChI=1S/C33H45N11O7S/c1-22(28-21-37-41(4)32(28)44(45)46)43(52(5,47)48)24-16-27-29(34-18-24)17-30(42-11-13-49-14-12-42)39-31(27)51-25-8-6-23(7-9-25)38-33-35-19-26(20-36-33)50-15-10-40(2)3/h16-23,25H,6-15H2,1-5H3,(H,35,36,38). The largest absolute Gasteiger partial charge is 0.489 e. The zero-order valence-corrected chi connectivity index (χ0v) is 30.8. The van der Waals surface area contributed by atoms with Gasteiger partial charge in [0.25, 0.3) is 0 Å². The molecule has 19 heteroatoms. The number of fused-ring (bicyclic) bond motifs is 1. The number of likely N-dealkylation sites (N-methyl/N-ethyl adjacent to an activating group) is 1. The van der Waals surface area contributed by atoms with Gasteiger partial charge in [0.15, 0.2) is 5.75 Å². The van der Waals surface area contributed by atoms with E-state index in [0.29, 0.717) is 67.2 Å². The van der Waals surface area contributed by atoms with Crippen LogP contribution in [0.5, 0.6) is 11.6 Å². The molecule has 2 aliphatic rings. The summed E-state index contributed by atoms with van der Waals surface area (Å²) in [6, 6.07) is 2.72. The summed E-state index contributed by atoms with van der Waals surface area (Å²) in [6.07, 6.45) is 10.1. The van der Waals surface area contributed by atoms with Crippen LogP contribution in [0.25, 0.3) is 10.9 Å². The molecule has 1 atom stereocenters. The highest BCUT2D eigenvalue weighted by Gasteiger charge is 2.33. The highest BCUT2D eigenvalue weighted by Crippen LogP contribution is 2.38. The van der Waals surface area contributed by atoms with Crippen LogP contribution in [0.4, 0.5) is 23.3 Å². The molecule has 1 saturated heterocycles. The number of anilines is 3. The third kappa shape index (κ3) is 8.59. The highest BCUT2D eigenvalue weighted by molar-refractivity contribution is 7.92. The average molecular weight is 740 g/mol. The smallest absolute Gasteiger partial charge is 0.349 e. The second kappa shape index (κ2) is 15.8. The predicted molar refractivity (Wildman–Crippen MR) is 195 cm³/mol. The Balaban J connectivity index is 1.23. The second-order valence-corrected chi connectivity index (χ2v) is 15.2. The van der Waals surface area contributed by atoms with E-state index < -0.39 is 21.0 Å². The van der Waals surface area contributed by atoms with Gasteiger partial charge < -0.3 is 39.4 Å². The summed E-state index contributed by atoms with van der Waals surface area (Å²) in [4.78, 5) is 33.9. The first-order valence-electron chi connectivity index (χ1n) is 17.2. The van der Waals surface area contributed by atoms with E-state index in [4.69, 9.17) is 19.2 Å². The van der Waals surface area contributed by atoms with E-state index >= 15 is 0 Å². The van der Waals surface area contributed by atoms with E-state index in [1.165, 1.54) is 19.4 Å². The Morgan fingerprint density at radius 3 is 2.44 bits per heavy atom. The summed E-state index contributed by atoms with van der Waals surface area (Å²) in [5.41, 5.74) is 0.939. The maximum Gasteiger partial charge on any atom is 0.349 e. The molecule has 2 fully saturated rings. The number of nitrogens with zero attached hydrogens (tertiary/aromatic N) is 10. The normalized spacial score (nSPS) is 18.7. The van der Waals surface area contributed by atoms with Crippen molar-refractivity contribution in [1.29, 1.82) is 0 Å². The number of hydrogen-bond donors (Lipinski definition) is 1. The lowest BCUT2D eigenvalue weighted by molar-refractivity contribution is -0.393. The van der Waals surface area contributed by atoms with Crippen molar-refractivity contribution in [3.8, 4) is 11.6 Å². The maximum atomic E-state index is 13.3. The molecule has 1 aliphatic carbocycles. The Labute approximate surface area is 302 Å². The summed E-state index contributed by atoms with van der Waals surface area (Å²) >= 11 is 0. The number of nitrogens with one attached hydrogen (secondary N) is 1. The fraction of sp³-hybridized carbons (Fsp3) is 0.545. The van der Waals surface area contributed by atoms with Crippen LogP contribution >= 0.6 is 0 Å². The third-order valence-corrected chi connectivity index (χ3v) is 10.4. The van der Waals surface area contributed by atoms with Gasteiger partial charge in [-0.3, -0.25) is 9.29 Å². The molecule has 52 heavy (non-hydrogen) atoms. The van der Waals surface area contributed by atoms with Gasteiger partial charge in [-0.15, -0.1) is 4.68 Å². The molecule has 4 aromatic rings. The monoisotopic (exact) mass is 739 g/mol. The topological polar surface area (TPSA) is 196 Å². The first-order valence-corrected chi connectivity index (χ1v) is 19.0. The summed E-state index contributed by atoms with van der Waals surface area (Å²) in [5.74, 6) is 1.89. The van der Waals surface area contributed by atoms with Gasteiger partial charge in [0.2, 0.25) is 21.9 Å². The number of morpholine rings is 1. The number of nitro groups is 1. The van der Waals surface area contributed by atoms with Crippen LogP contribution in [0.15, 0.2) is 36.9 Å².